The van der Waals surface area contributed by atoms with Crippen LogP contribution in [-0.2, 0) is 4.79 Å². The number of aliphatic hydroxyl groups is 1. The molecule has 1 aromatic rings. The number of nitrogens with one attached hydrogen (secondary N) is 1. The van der Waals surface area contributed by atoms with Gasteiger partial charge in [-0.05, 0) is 37.5 Å². The first-order valence-corrected chi connectivity index (χ1v) is 7.65. The Bertz CT molecular complexity index is 513. The van der Waals surface area contributed by atoms with E-state index in [-0.39, 0.29) is 5.69 Å². The molecular formula is C14H16F3NO2S. The molecule has 0 aromatic heterocycles. The molecule has 2 atom stereocenters. The second kappa shape index (κ2) is 7.17. The van der Waals surface area contributed by atoms with Crippen molar-refractivity contribution in [3.63, 3.8) is 0 Å². The van der Waals surface area contributed by atoms with Crippen LogP contribution < -0.4 is 5.32 Å². The van der Waals surface area contributed by atoms with E-state index in [0.717, 1.165) is 30.3 Å². The van der Waals surface area contributed by atoms with E-state index in [1.165, 1.54) is 6.07 Å². The quantitative estimate of drug-likeness (QED) is 0.819. The zero-order valence-electron chi connectivity index (χ0n) is 11.2. The fraction of sp³-hybridized carbons (Fsp3) is 0.500. The topological polar surface area (TPSA) is 49.3 Å². The highest BCUT2D eigenvalue weighted by Crippen LogP contribution is 2.31. The van der Waals surface area contributed by atoms with Crippen LogP contribution in [0, 0.1) is 11.7 Å². The van der Waals surface area contributed by atoms with Gasteiger partial charge in [-0.25, -0.2) is 13.2 Å². The highest BCUT2D eigenvalue weighted by Gasteiger charge is 2.31. The molecular weight excluding hydrogens is 303 g/mol. The van der Waals surface area contributed by atoms with Crippen molar-refractivity contribution in [1.82, 2.24) is 0 Å². The van der Waals surface area contributed by atoms with E-state index < -0.39 is 35.9 Å². The van der Waals surface area contributed by atoms with Crippen molar-refractivity contribution < 1.29 is 23.1 Å². The van der Waals surface area contributed by atoms with Gasteiger partial charge in [0.05, 0.1) is 23.5 Å². The largest absolute Gasteiger partial charge is 0.392 e. The minimum atomic E-state index is -2.49. The number of halogens is 3. The molecule has 1 aromatic carbocycles. The van der Waals surface area contributed by atoms with Crippen molar-refractivity contribution in [2.24, 2.45) is 5.92 Å². The number of aliphatic hydroxyl groups excluding tert-OH is 1. The monoisotopic (exact) mass is 319 g/mol. The summed E-state index contributed by atoms with van der Waals surface area (Å²) in [6.45, 7) is 0. The Kier molecular flexibility index (Phi) is 5.52. The number of amides is 1. The lowest BCUT2D eigenvalue weighted by molar-refractivity contribution is -0.122. The Hall–Kier alpha value is -1.21. The van der Waals surface area contributed by atoms with Crippen LogP contribution in [0.2, 0.25) is 0 Å². The summed E-state index contributed by atoms with van der Waals surface area (Å²) in [6.07, 6.45) is -1.29. The number of carbonyl (C=O) groups excluding carboxylic acids is 1. The van der Waals surface area contributed by atoms with Crippen LogP contribution in [0.25, 0.3) is 0 Å². The average Bonchev–Trinajstić information content (AvgIpc) is 2.84. The molecule has 0 radical (unpaired) electrons. The third-order valence-electron chi connectivity index (χ3n) is 3.38. The van der Waals surface area contributed by atoms with Gasteiger partial charge >= 0.3 is 0 Å². The van der Waals surface area contributed by atoms with E-state index >= 15 is 0 Å². The third-order valence-corrected chi connectivity index (χ3v) is 4.47. The Morgan fingerprint density at radius 2 is 2.19 bits per heavy atom. The minimum Gasteiger partial charge on any atom is -0.392 e. The van der Waals surface area contributed by atoms with Gasteiger partial charge in [0.25, 0.3) is 0 Å². The standard InChI is InChI=1S/C14H16F3NO2S/c15-8-4-5-12(21-7-13(16)17)10(6-8)18-14(20)9-2-1-3-11(9)19/h4-6,9,11,13,19H,1-3,7H2,(H,18,20). The fourth-order valence-electron chi connectivity index (χ4n) is 2.35. The molecule has 21 heavy (non-hydrogen) atoms. The highest BCUT2D eigenvalue weighted by molar-refractivity contribution is 7.99. The number of anilines is 1. The van der Waals surface area contributed by atoms with Gasteiger partial charge in [-0.15, -0.1) is 11.8 Å². The van der Waals surface area contributed by atoms with Crippen molar-refractivity contribution in [3.8, 4) is 0 Å². The van der Waals surface area contributed by atoms with E-state index in [1.807, 2.05) is 0 Å². The lowest BCUT2D eigenvalue weighted by atomic mass is 10.1. The minimum absolute atomic E-state index is 0.171. The molecule has 2 rings (SSSR count). The maximum atomic E-state index is 13.3. The molecule has 1 fully saturated rings. The van der Waals surface area contributed by atoms with Crippen molar-refractivity contribution in [2.45, 2.75) is 36.7 Å². The van der Waals surface area contributed by atoms with Crippen molar-refractivity contribution >= 4 is 23.4 Å². The lowest BCUT2D eigenvalue weighted by Gasteiger charge is -2.16. The van der Waals surface area contributed by atoms with Gasteiger partial charge in [-0.3, -0.25) is 4.79 Å². The van der Waals surface area contributed by atoms with Crippen LogP contribution in [-0.4, -0.2) is 29.3 Å². The molecule has 1 amide bonds. The van der Waals surface area contributed by atoms with Crippen LogP contribution in [0.5, 0.6) is 0 Å². The summed E-state index contributed by atoms with van der Waals surface area (Å²) >= 11 is 0.855. The molecule has 0 saturated heterocycles. The molecule has 1 saturated carbocycles. The molecule has 0 bridgehead atoms. The van der Waals surface area contributed by atoms with Gasteiger partial charge in [-0.2, -0.15) is 0 Å². The van der Waals surface area contributed by atoms with E-state index in [2.05, 4.69) is 5.32 Å². The SMILES string of the molecule is O=C(Nc1cc(F)ccc1SCC(F)F)C1CCCC1O. The van der Waals surface area contributed by atoms with E-state index in [9.17, 15) is 23.1 Å². The number of alkyl halides is 2. The van der Waals surface area contributed by atoms with E-state index in [1.54, 1.807) is 0 Å². The summed E-state index contributed by atoms with van der Waals surface area (Å²) in [5, 5.41) is 12.2. The summed E-state index contributed by atoms with van der Waals surface area (Å²) < 4.78 is 37.8. The van der Waals surface area contributed by atoms with E-state index in [4.69, 9.17) is 0 Å². The maximum absolute atomic E-state index is 13.3. The van der Waals surface area contributed by atoms with Crippen LogP contribution in [0.1, 0.15) is 19.3 Å². The number of carbonyl (C=O) groups is 1. The predicted molar refractivity (Wildman–Crippen MR) is 75.1 cm³/mol. The zero-order valence-corrected chi connectivity index (χ0v) is 12.0. The maximum Gasteiger partial charge on any atom is 0.247 e. The molecule has 2 N–H and O–H groups in total. The summed E-state index contributed by atoms with van der Waals surface area (Å²) in [7, 11) is 0. The van der Waals surface area contributed by atoms with Crippen LogP contribution in [0.4, 0.5) is 18.9 Å². The highest BCUT2D eigenvalue weighted by atomic mass is 32.2. The first kappa shape index (κ1) is 16.2. The number of benzene rings is 1. The smallest absolute Gasteiger partial charge is 0.247 e. The Labute approximate surface area is 124 Å². The van der Waals surface area contributed by atoms with Crippen molar-refractivity contribution in [3.05, 3.63) is 24.0 Å². The molecule has 0 spiro atoms. The summed E-state index contributed by atoms with van der Waals surface area (Å²) in [4.78, 5) is 12.5. The van der Waals surface area contributed by atoms with Gasteiger partial charge in [0.2, 0.25) is 12.3 Å². The first-order chi connectivity index (χ1) is 9.97. The Balaban J connectivity index is 2.10. The van der Waals surface area contributed by atoms with Gasteiger partial charge < -0.3 is 10.4 Å². The lowest BCUT2D eigenvalue weighted by Crippen LogP contribution is -2.28. The number of hydrogen-bond acceptors (Lipinski definition) is 3. The third kappa shape index (κ3) is 4.38. The van der Waals surface area contributed by atoms with Crippen LogP contribution >= 0.6 is 11.8 Å². The molecule has 0 aliphatic heterocycles. The Morgan fingerprint density at radius 1 is 1.43 bits per heavy atom. The number of hydrogen-bond donors (Lipinski definition) is 2. The molecule has 1 aliphatic carbocycles. The van der Waals surface area contributed by atoms with E-state index in [0.29, 0.717) is 17.7 Å². The molecule has 3 nitrogen and oxygen atoms in total. The number of thioether (sulfide) groups is 1. The summed E-state index contributed by atoms with van der Waals surface area (Å²) in [5.41, 5.74) is 0.171. The molecule has 2 unspecified atom stereocenters. The van der Waals surface area contributed by atoms with Gasteiger partial charge in [0, 0.05) is 4.90 Å². The molecule has 116 valence electrons. The fourth-order valence-corrected chi connectivity index (χ4v) is 3.09. The zero-order chi connectivity index (χ0) is 15.4. The first-order valence-electron chi connectivity index (χ1n) is 6.67. The van der Waals surface area contributed by atoms with Crippen LogP contribution in [0.15, 0.2) is 23.1 Å². The molecule has 1 aliphatic rings. The van der Waals surface area contributed by atoms with Gasteiger partial charge in [0.15, 0.2) is 0 Å². The normalized spacial score (nSPS) is 21.8. The molecule has 7 heteroatoms. The van der Waals surface area contributed by atoms with Crippen molar-refractivity contribution in [2.75, 3.05) is 11.1 Å². The number of rotatable bonds is 5. The van der Waals surface area contributed by atoms with Crippen LogP contribution in [0.3, 0.4) is 0 Å². The van der Waals surface area contributed by atoms with Gasteiger partial charge in [-0.1, -0.05) is 0 Å². The Morgan fingerprint density at radius 3 is 2.81 bits per heavy atom. The second-order valence-corrected chi connectivity index (χ2v) is 6.00. The van der Waals surface area contributed by atoms with Gasteiger partial charge in [0.1, 0.15) is 5.82 Å². The second-order valence-electron chi connectivity index (χ2n) is 4.94. The summed E-state index contributed by atoms with van der Waals surface area (Å²) in [6, 6.07) is 3.63. The predicted octanol–water partition coefficient (Wildman–Crippen LogP) is 3.28. The van der Waals surface area contributed by atoms with Crippen molar-refractivity contribution in [1.29, 1.82) is 0 Å². The average molecular weight is 319 g/mol. The molecule has 0 heterocycles. The summed E-state index contributed by atoms with van der Waals surface area (Å²) in [5.74, 6) is -1.91.